The summed E-state index contributed by atoms with van der Waals surface area (Å²) in [4.78, 5) is 29.0. The lowest BCUT2D eigenvalue weighted by atomic mass is 10.1. The van der Waals surface area contributed by atoms with Gasteiger partial charge in [-0.25, -0.2) is 0 Å². The van der Waals surface area contributed by atoms with Crippen LogP contribution < -0.4 is 5.32 Å². The fourth-order valence-electron chi connectivity index (χ4n) is 3.31. The van der Waals surface area contributed by atoms with Crippen molar-refractivity contribution in [1.82, 2.24) is 15.1 Å². The molecular formula is C18H25N3O3. The van der Waals surface area contributed by atoms with Gasteiger partial charge in [0.25, 0.3) is 5.91 Å². The molecule has 24 heavy (non-hydrogen) atoms. The van der Waals surface area contributed by atoms with Crippen LogP contribution in [0.5, 0.6) is 0 Å². The van der Waals surface area contributed by atoms with Crippen molar-refractivity contribution in [3.8, 4) is 0 Å². The Balaban J connectivity index is 1.60. The first-order valence-electron chi connectivity index (χ1n) is 8.65. The first kappa shape index (κ1) is 16.9. The summed E-state index contributed by atoms with van der Waals surface area (Å²) in [6, 6.07) is 9.03. The number of ether oxygens (including phenoxy) is 1. The highest BCUT2D eigenvalue weighted by molar-refractivity contribution is 5.94. The van der Waals surface area contributed by atoms with E-state index in [1.54, 1.807) is 0 Å². The van der Waals surface area contributed by atoms with Gasteiger partial charge in [-0.05, 0) is 25.5 Å². The number of nitrogens with zero attached hydrogens (tertiary/aromatic N) is 2. The van der Waals surface area contributed by atoms with Gasteiger partial charge in [0.15, 0.2) is 0 Å². The number of hydrogen-bond donors (Lipinski definition) is 1. The Bertz CT molecular complexity index is 578. The van der Waals surface area contributed by atoms with Gasteiger partial charge in [0.05, 0.1) is 12.7 Å². The van der Waals surface area contributed by atoms with Crippen LogP contribution in [0.15, 0.2) is 30.3 Å². The first-order valence-corrected chi connectivity index (χ1v) is 8.65. The zero-order chi connectivity index (χ0) is 16.9. The van der Waals surface area contributed by atoms with Gasteiger partial charge in [-0.1, -0.05) is 18.2 Å². The van der Waals surface area contributed by atoms with E-state index in [0.717, 1.165) is 6.42 Å². The number of morpholine rings is 1. The molecule has 6 nitrogen and oxygen atoms in total. The Morgan fingerprint density at radius 2 is 1.79 bits per heavy atom. The molecule has 3 rings (SSSR count). The van der Waals surface area contributed by atoms with E-state index >= 15 is 0 Å². The van der Waals surface area contributed by atoms with Crippen LogP contribution in [0.3, 0.4) is 0 Å². The quantitative estimate of drug-likeness (QED) is 0.868. The average Bonchev–Trinajstić information content (AvgIpc) is 2.88. The van der Waals surface area contributed by atoms with Gasteiger partial charge < -0.3 is 19.9 Å². The van der Waals surface area contributed by atoms with Crippen molar-refractivity contribution in [2.75, 3.05) is 39.3 Å². The lowest BCUT2D eigenvalue weighted by Crippen LogP contribution is -2.56. The molecule has 0 aromatic heterocycles. The van der Waals surface area contributed by atoms with Crippen LogP contribution in [0, 0.1) is 0 Å². The average molecular weight is 331 g/mol. The third kappa shape index (κ3) is 3.76. The Hall–Kier alpha value is -1.92. The van der Waals surface area contributed by atoms with Crippen molar-refractivity contribution in [3.63, 3.8) is 0 Å². The molecule has 2 fully saturated rings. The van der Waals surface area contributed by atoms with Crippen molar-refractivity contribution in [3.05, 3.63) is 35.9 Å². The summed E-state index contributed by atoms with van der Waals surface area (Å²) >= 11 is 0. The van der Waals surface area contributed by atoms with Crippen LogP contribution >= 0.6 is 0 Å². The van der Waals surface area contributed by atoms with Gasteiger partial charge in [-0.3, -0.25) is 9.59 Å². The number of nitrogens with one attached hydrogen (secondary N) is 1. The summed E-state index contributed by atoms with van der Waals surface area (Å²) in [5.74, 6) is 0.119. The van der Waals surface area contributed by atoms with E-state index in [2.05, 4.69) is 5.32 Å². The summed E-state index contributed by atoms with van der Waals surface area (Å²) in [6.07, 6.45) is 0.684. The van der Waals surface area contributed by atoms with Crippen molar-refractivity contribution in [1.29, 1.82) is 0 Å². The second-order valence-corrected chi connectivity index (χ2v) is 6.34. The van der Waals surface area contributed by atoms with E-state index in [4.69, 9.17) is 4.74 Å². The van der Waals surface area contributed by atoms with E-state index in [1.807, 2.05) is 47.1 Å². The molecule has 2 amide bonds. The lowest BCUT2D eigenvalue weighted by Gasteiger charge is -2.33. The number of benzene rings is 1. The Kier molecular flexibility index (Phi) is 5.48. The summed E-state index contributed by atoms with van der Waals surface area (Å²) in [5, 5.41) is 3.25. The lowest BCUT2D eigenvalue weighted by molar-refractivity contribution is -0.139. The Labute approximate surface area is 142 Å². The van der Waals surface area contributed by atoms with Gasteiger partial charge in [0.2, 0.25) is 5.91 Å². The van der Waals surface area contributed by atoms with Gasteiger partial charge in [0, 0.05) is 38.3 Å². The van der Waals surface area contributed by atoms with Crippen LogP contribution in [-0.4, -0.2) is 73.1 Å². The van der Waals surface area contributed by atoms with Crippen molar-refractivity contribution in [2.24, 2.45) is 0 Å². The van der Waals surface area contributed by atoms with E-state index in [1.165, 1.54) is 0 Å². The zero-order valence-corrected chi connectivity index (χ0v) is 14.1. The van der Waals surface area contributed by atoms with Crippen molar-refractivity contribution >= 4 is 11.8 Å². The molecule has 0 radical (unpaired) electrons. The van der Waals surface area contributed by atoms with Crippen molar-refractivity contribution in [2.45, 2.75) is 25.5 Å². The zero-order valence-electron chi connectivity index (χ0n) is 14.1. The highest BCUT2D eigenvalue weighted by Crippen LogP contribution is 2.13. The maximum absolute atomic E-state index is 12.7. The van der Waals surface area contributed by atoms with Gasteiger partial charge >= 0.3 is 0 Å². The minimum atomic E-state index is -0.282. The van der Waals surface area contributed by atoms with E-state index < -0.39 is 0 Å². The second kappa shape index (κ2) is 7.77. The normalized spacial score (nSPS) is 25.2. The molecule has 2 atom stereocenters. The smallest absolute Gasteiger partial charge is 0.253 e. The van der Waals surface area contributed by atoms with Crippen LogP contribution in [0.4, 0.5) is 0 Å². The number of amides is 2. The topological polar surface area (TPSA) is 61.9 Å². The number of carbonyl (C=O) groups is 2. The standard InChI is InChI=1S/C18H25N3O3/c1-14-16(19-8-13-24-14)18(23)21-10-5-9-20(11-12-21)17(22)15-6-3-2-4-7-15/h2-4,6-7,14,16,19H,5,8-13H2,1H3/t14-,16+/m1/s1. The van der Waals surface area contributed by atoms with Crippen LogP contribution in [0.2, 0.25) is 0 Å². The van der Waals surface area contributed by atoms with Gasteiger partial charge in [0.1, 0.15) is 6.04 Å². The summed E-state index contributed by atoms with van der Waals surface area (Å²) in [6.45, 7) is 5.78. The molecule has 2 aliphatic heterocycles. The molecule has 1 aromatic carbocycles. The molecule has 2 aliphatic rings. The Morgan fingerprint density at radius 3 is 2.54 bits per heavy atom. The number of rotatable bonds is 2. The van der Waals surface area contributed by atoms with E-state index in [9.17, 15) is 9.59 Å². The summed E-state index contributed by atoms with van der Waals surface area (Å²) < 4.78 is 5.58. The van der Waals surface area contributed by atoms with Crippen molar-refractivity contribution < 1.29 is 14.3 Å². The second-order valence-electron chi connectivity index (χ2n) is 6.34. The molecule has 1 N–H and O–H groups in total. The van der Waals surface area contributed by atoms with E-state index in [0.29, 0.717) is 44.9 Å². The van der Waals surface area contributed by atoms with E-state index in [-0.39, 0.29) is 24.0 Å². The molecule has 0 bridgehead atoms. The fourth-order valence-corrected chi connectivity index (χ4v) is 3.31. The molecule has 0 spiro atoms. The third-order valence-corrected chi connectivity index (χ3v) is 4.70. The minimum absolute atomic E-state index is 0.0393. The molecule has 6 heteroatoms. The summed E-state index contributed by atoms with van der Waals surface area (Å²) in [7, 11) is 0. The third-order valence-electron chi connectivity index (χ3n) is 4.70. The Morgan fingerprint density at radius 1 is 1.08 bits per heavy atom. The highest BCUT2D eigenvalue weighted by atomic mass is 16.5. The molecule has 2 heterocycles. The van der Waals surface area contributed by atoms with Gasteiger partial charge in [-0.2, -0.15) is 0 Å². The molecule has 0 aliphatic carbocycles. The predicted molar refractivity (Wildman–Crippen MR) is 90.7 cm³/mol. The number of hydrogen-bond acceptors (Lipinski definition) is 4. The maximum atomic E-state index is 12.7. The van der Waals surface area contributed by atoms with Crippen LogP contribution in [0.25, 0.3) is 0 Å². The largest absolute Gasteiger partial charge is 0.375 e. The minimum Gasteiger partial charge on any atom is -0.375 e. The molecule has 130 valence electrons. The monoisotopic (exact) mass is 331 g/mol. The van der Waals surface area contributed by atoms with Gasteiger partial charge in [-0.15, -0.1) is 0 Å². The molecule has 0 unspecified atom stereocenters. The molecule has 0 saturated carbocycles. The maximum Gasteiger partial charge on any atom is 0.253 e. The number of carbonyl (C=O) groups excluding carboxylic acids is 2. The van der Waals surface area contributed by atoms with Crippen LogP contribution in [0.1, 0.15) is 23.7 Å². The summed E-state index contributed by atoms with van der Waals surface area (Å²) in [5.41, 5.74) is 0.702. The first-order chi connectivity index (χ1) is 11.7. The predicted octanol–water partition coefficient (Wildman–Crippen LogP) is 0.738. The molecular weight excluding hydrogens is 306 g/mol. The molecule has 2 saturated heterocycles. The molecule has 1 aromatic rings. The van der Waals surface area contributed by atoms with Crippen LogP contribution in [-0.2, 0) is 9.53 Å². The fraction of sp³-hybridized carbons (Fsp3) is 0.556. The highest BCUT2D eigenvalue weighted by Gasteiger charge is 2.33. The SMILES string of the molecule is C[C@H]1OCCN[C@@H]1C(=O)N1CCCN(C(=O)c2ccccc2)CC1.